The van der Waals surface area contributed by atoms with E-state index in [4.69, 9.17) is 21.1 Å². The first kappa shape index (κ1) is 23.0. The van der Waals surface area contributed by atoms with Crippen LogP contribution in [-0.4, -0.2) is 62.7 Å². The van der Waals surface area contributed by atoms with Gasteiger partial charge in [0.1, 0.15) is 17.3 Å². The SMILES string of the molecule is COc1cc(OC)c(NC(=O)CN2CCN(c3ccc(C(F)(F)F)cn3)CC2)cc1Cl. The van der Waals surface area contributed by atoms with E-state index in [9.17, 15) is 18.0 Å². The average molecular weight is 459 g/mol. The summed E-state index contributed by atoms with van der Waals surface area (Å²) >= 11 is 6.13. The molecule has 0 aliphatic carbocycles. The van der Waals surface area contributed by atoms with Crippen LogP contribution in [0, 0.1) is 0 Å². The average Bonchev–Trinajstić information content (AvgIpc) is 2.74. The molecule has 1 amide bonds. The van der Waals surface area contributed by atoms with Gasteiger partial charge in [-0.25, -0.2) is 4.98 Å². The molecule has 7 nitrogen and oxygen atoms in total. The highest BCUT2D eigenvalue weighted by Gasteiger charge is 2.31. The van der Waals surface area contributed by atoms with E-state index >= 15 is 0 Å². The van der Waals surface area contributed by atoms with Crippen LogP contribution in [0.4, 0.5) is 24.7 Å². The highest BCUT2D eigenvalue weighted by atomic mass is 35.5. The van der Waals surface area contributed by atoms with Gasteiger partial charge in [0.25, 0.3) is 0 Å². The van der Waals surface area contributed by atoms with E-state index in [-0.39, 0.29) is 12.5 Å². The summed E-state index contributed by atoms with van der Waals surface area (Å²) in [6, 6.07) is 5.54. The minimum absolute atomic E-state index is 0.154. The monoisotopic (exact) mass is 458 g/mol. The van der Waals surface area contributed by atoms with Crippen molar-refractivity contribution in [2.24, 2.45) is 0 Å². The lowest BCUT2D eigenvalue weighted by molar-refractivity contribution is -0.137. The van der Waals surface area contributed by atoms with Crippen LogP contribution in [0.15, 0.2) is 30.5 Å². The van der Waals surface area contributed by atoms with E-state index < -0.39 is 11.7 Å². The normalized spacial score (nSPS) is 15.0. The fourth-order valence-electron chi connectivity index (χ4n) is 3.23. The van der Waals surface area contributed by atoms with E-state index in [0.29, 0.717) is 54.2 Å². The van der Waals surface area contributed by atoms with Crippen molar-refractivity contribution in [1.82, 2.24) is 9.88 Å². The summed E-state index contributed by atoms with van der Waals surface area (Å²) in [5.74, 6) is 1.10. The third-order valence-electron chi connectivity index (χ3n) is 4.89. The van der Waals surface area contributed by atoms with Crippen LogP contribution >= 0.6 is 11.6 Å². The predicted molar refractivity (Wildman–Crippen MR) is 111 cm³/mol. The number of aromatic nitrogens is 1. The van der Waals surface area contributed by atoms with Crippen LogP contribution in [0.5, 0.6) is 11.5 Å². The topological polar surface area (TPSA) is 66.9 Å². The Labute approximate surface area is 182 Å². The molecule has 1 aromatic carbocycles. The lowest BCUT2D eigenvalue weighted by Crippen LogP contribution is -2.49. The van der Waals surface area contributed by atoms with Crippen LogP contribution in [0.1, 0.15) is 5.56 Å². The number of hydrogen-bond acceptors (Lipinski definition) is 6. The number of benzene rings is 1. The first-order valence-electron chi connectivity index (χ1n) is 9.43. The number of hydrogen-bond donors (Lipinski definition) is 1. The first-order chi connectivity index (χ1) is 14.7. The molecule has 31 heavy (non-hydrogen) atoms. The third-order valence-corrected chi connectivity index (χ3v) is 5.18. The molecule has 1 N–H and O–H groups in total. The second-order valence-corrected chi connectivity index (χ2v) is 7.31. The van der Waals surface area contributed by atoms with E-state index in [1.807, 2.05) is 9.80 Å². The summed E-state index contributed by atoms with van der Waals surface area (Å²) in [5.41, 5.74) is -0.341. The van der Waals surface area contributed by atoms with Crippen LogP contribution in [0.2, 0.25) is 5.02 Å². The van der Waals surface area contributed by atoms with Crippen molar-refractivity contribution in [1.29, 1.82) is 0 Å². The van der Waals surface area contributed by atoms with Gasteiger partial charge in [0.15, 0.2) is 0 Å². The number of rotatable bonds is 6. The van der Waals surface area contributed by atoms with Crippen LogP contribution in [0.3, 0.4) is 0 Å². The van der Waals surface area contributed by atoms with Gasteiger partial charge in [-0.15, -0.1) is 0 Å². The van der Waals surface area contributed by atoms with E-state index in [2.05, 4.69) is 10.3 Å². The second kappa shape index (κ2) is 9.61. The maximum absolute atomic E-state index is 12.7. The second-order valence-electron chi connectivity index (χ2n) is 6.90. The molecule has 0 saturated carbocycles. The molecule has 3 rings (SSSR count). The van der Waals surface area contributed by atoms with E-state index in [1.165, 1.54) is 20.3 Å². The zero-order valence-corrected chi connectivity index (χ0v) is 17.8. The van der Waals surface area contributed by atoms with E-state index in [1.54, 1.807) is 12.1 Å². The largest absolute Gasteiger partial charge is 0.495 e. The maximum atomic E-state index is 12.7. The molecule has 0 atom stereocenters. The van der Waals surface area contributed by atoms with Crippen molar-refractivity contribution in [2.75, 3.05) is 57.2 Å². The Balaban J connectivity index is 1.54. The Morgan fingerprint density at radius 1 is 1.13 bits per heavy atom. The molecule has 0 unspecified atom stereocenters. The van der Waals surface area contributed by atoms with Gasteiger partial charge in [-0.05, 0) is 18.2 Å². The first-order valence-corrected chi connectivity index (χ1v) is 9.81. The molecule has 0 spiro atoms. The summed E-state index contributed by atoms with van der Waals surface area (Å²) < 4.78 is 48.5. The Hall–Kier alpha value is -2.72. The highest BCUT2D eigenvalue weighted by Crippen LogP contribution is 2.36. The molecule has 2 aromatic rings. The minimum atomic E-state index is -4.41. The Bertz CT molecular complexity index is 917. The molecule has 11 heteroatoms. The molecule has 168 valence electrons. The number of piperazine rings is 1. The molecular formula is C20H22ClF3N4O3. The van der Waals surface area contributed by atoms with Crippen molar-refractivity contribution < 1.29 is 27.4 Å². The molecule has 1 fully saturated rings. The number of ether oxygens (including phenoxy) is 2. The fourth-order valence-corrected chi connectivity index (χ4v) is 3.47. The maximum Gasteiger partial charge on any atom is 0.417 e. The van der Waals surface area contributed by atoms with Gasteiger partial charge in [-0.1, -0.05) is 11.6 Å². The minimum Gasteiger partial charge on any atom is -0.495 e. The molecular weight excluding hydrogens is 437 g/mol. The van der Waals surface area contributed by atoms with Crippen molar-refractivity contribution >= 4 is 29.0 Å². The lowest BCUT2D eigenvalue weighted by atomic mass is 10.2. The highest BCUT2D eigenvalue weighted by molar-refractivity contribution is 6.32. The number of methoxy groups -OCH3 is 2. The van der Waals surface area contributed by atoms with Gasteiger partial charge in [-0.3, -0.25) is 9.69 Å². The molecule has 2 heterocycles. The summed E-state index contributed by atoms with van der Waals surface area (Å²) in [6.07, 6.45) is -3.57. The summed E-state index contributed by atoms with van der Waals surface area (Å²) in [5, 5.41) is 3.13. The van der Waals surface area contributed by atoms with Gasteiger partial charge in [-0.2, -0.15) is 13.2 Å². The Morgan fingerprint density at radius 3 is 2.35 bits per heavy atom. The standard InChI is InChI=1S/C20H22ClF3N4O3/c1-30-16-10-17(31-2)15(9-14(16)21)26-19(29)12-27-5-7-28(8-6-27)18-4-3-13(11-25-18)20(22,23)24/h3-4,9-11H,5-8,12H2,1-2H3,(H,26,29). The Kier molecular flexibility index (Phi) is 7.11. The van der Waals surface area contributed by atoms with Gasteiger partial charge in [0.2, 0.25) is 5.91 Å². The third kappa shape index (κ3) is 5.71. The number of nitrogens with one attached hydrogen (secondary N) is 1. The van der Waals surface area contributed by atoms with Gasteiger partial charge in [0, 0.05) is 38.4 Å². The zero-order chi connectivity index (χ0) is 22.6. The smallest absolute Gasteiger partial charge is 0.417 e. The number of pyridine rings is 1. The zero-order valence-electron chi connectivity index (χ0n) is 17.0. The number of anilines is 2. The molecule has 0 bridgehead atoms. The summed E-state index contributed by atoms with van der Waals surface area (Å²) in [4.78, 5) is 20.2. The summed E-state index contributed by atoms with van der Waals surface area (Å²) in [7, 11) is 2.96. The van der Waals surface area contributed by atoms with Crippen molar-refractivity contribution in [2.45, 2.75) is 6.18 Å². The number of alkyl halides is 3. The fraction of sp³-hybridized carbons (Fsp3) is 0.400. The Morgan fingerprint density at radius 2 is 1.81 bits per heavy atom. The summed E-state index contributed by atoms with van der Waals surface area (Å²) in [6.45, 7) is 2.38. The van der Waals surface area contributed by atoms with E-state index in [0.717, 1.165) is 12.3 Å². The number of carbonyl (C=O) groups excluding carboxylic acids is 1. The lowest BCUT2D eigenvalue weighted by Gasteiger charge is -2.35. The molecule has 1 aromatic heterocycles. The van der Waals surface area contributed by atoms with Crippen LogP contribution in [-0.2, 0) is 11.0 Å². The molecule has 0 radical (unpaired) electrons. The van der Waals surface area contributed by atoms with Gasteiger partial charge >= 0.3 is 6.18 Å². The number of halogens is 4. The molecule has 1 aliphatic rings. The number of amides is 1. The van der Waals surface area contributed by atoms with Crippen LogP contribution < -0.4 is 19.7 Å². The molecule has 1 saturated heterocycles. The van der Waals surface area contributed by atoms with Crippen LogP contribution in [0.25, 0.3) is 0 Å². The number of nitrogens with zero attached hydrogens (tertiary/aromatic N) is 3. The van der Waals surface area contributed by atoms with Gasteiger partial charge in [0.05, 0.1) is 37.0 Å². The quantitative estimate of drug-likeness (QED) is 0.714. The van der Waals surface area contributed by atoms with Crippen molar-refractivity contribution in [3.05, 3.63) is 41.0 Å². The van der Waals surface area contributed by atoms with Crippen molar-refractivity contribution in [3.63, 3.8) is 0 Å². The molecule has 1 aliphatic heterocycles. The van der Waals surface area contributed by atoms with Gasteiger partial charge < -0.3 is 19.7 Å². The predicted octanol–water partition coefficient (Wildman–Crippen LogP) is 3.53. The number of carbonyl (C=O) groups is 1. The van der Waals surface area contributed by atoms with Crippen molar-refractivity contribution in [3.8, 4) is 11.5 Å².